The van der Waals surface area contributed by atoms with Crippen LogP contribution >= 0.6 is 12.6 Å². The van der Waals surface area contributed by atoms with Crippen LogP contribution in [0.3, 0.4) is 0 Å². The van der Waals surface area contributed by atoms with Gasteiger partial charge in [0.25, 0.3) is 0 Å². The SMILES string of the molecule is CCN1CCN(c2ccc(CS)nn2)CC1. The molecular weight excluding hydrogens is 220 g/mol. The second kappa shape index (κ2) is 5.50. The Kier molecular flexibility index (Phi) is 4.01. The third kappa shape index (κ3) is 2.65. The zero-order valence-corrected chi connectivity index (χ0v) is 10.5. The van der Waals surface area contributed by atoms with Gasteiger partial charge in [-0.25, -0.2) is 0 Å². The standard InChI is InChI=1S/C11H18N4S/c1-2-14-5-7-15(8-6-14)11-4-3-10(9-16)12-13-11/h3-4,16H,2,5-9H2,1H3. The van der Waals surface area contributed by atoms with E-state index >= 15 is 0 Å². The lowest BCUT2D eigenvalue weighted by atomic mass is 10.3. The number of hydrogen-bond acceptors (Lipinski definition) is 5. The summed E-state index contributed by atoms with van der Waals surface area (Å²) in [6, 6.07) is 4.04. The second-order valence-corrected chi connectivity index (χ2v) is 4.28. The Morgan fingerprint density at radius 1 is 1.19 bits per heavy atom. The fraction of sp³-hybridized carbons (Fsp3) is 0.636. The summed E-state index contributed by atoms with van der Waals surface area (Å²) in [5.41, 5.74) is 0.930. The van der Waals surface area contributed by atoms with Crippen molar-refractivity contribution in [2.45, 2.75) is 12.7 Å². The molecule has 0 aromatic carbocycles. The van der Waals surface area contributed by atoms with Crippen molar-refractivity contribution in [2.24, 2.45) is 0 Å². The lowest BCUT2D eigenvalue weighted by Crippen LogP contribution is -2.46. The van der Waals surface area contributed by atoms with Gasteiger partial charge < -0.3 is 9.80 Å². The van der Waals surface area contributed by atoms with Gasteiger partial charge >= 0.3 is 0 Å². The molecule has 0 atom stereocenters. The third-order valence-electron chi connectivity index (χ3n) is 3.01. The predicted molar refractivity (Wildman–Crippen MR) is 69.0 cm³/mol. The molecule has 0 spiro atoms. The van der Waals surface area contributed by atoms with Crippen LogP contribution < -0.4 is 4.90 Å². The Labute approximate surface area is 102 Å². The van der Waals surface area contributed by atoms with E-state index in [2.05, 4.69) is 39.5 Å². The molecule has 0 amide bonds. The Bertz CT molecular complexity index is 319. The highest BCUT2D eigenvalue weighted by atomic mass is 32.1. The van der Waals surface area contributed by atoms with E-state index in [9.17, 15) is 0 Å². The predicted octanol–water partition coefficient (Wildman–Crippen LogP) is 1.05. The molecule has 2 heterocycles. The van der Waals surface area contributed by atoms with E-state index in [1.807, 2.05) is 12.1 Å². The topological polar surface area (TPSA) is 32.3 Å². The number of piperazine rings is 1. The molecule has 0 saturated carbocycles. The summed E-state index contributed by atoms with van der Waals surface area (Å²) in [5.74, 6) is 1.64. The summed E-state index contributed by atoms with van der Waals surface area (Å²) in [5, 5.41) is 8.36. The first-order valence-corrected chi connectivity index (χ1v) is 6.37. The van der Waals surface area contributed by atoms with Crippen molar-refractivity contribution in [3.63, 3.8) is 0 Å². The first-order valence-electron chi connectivity index (χ1n) is 5.74. The van der Waals surface area contributed by atoms with Crippen LogP contribution in [0.5, 0.6) is 0 Å². The summed E-state index contributed by atoms with van der Waals surface area (Å²) in [4.78, 5) is 4.74. The first kappa shape index (κ1) is 11.7. The van der Waals surface area contributed by atoms with E-state index < -0.39 is 0 Å². The minimum absolute atomic E-state index is 0.650. The van der Waals surface area contributed by atoms with Crippen LogP contribution in [0, 0.1) is 0 Å². The van der Waals surface area contributed by atoms with Crippen LogP contribution in [-0.4, -0.2) is 47.8 Å². The Hall–Kier alpha value is -0.810. The summed E-state index contributed by atoms with van der Waals surface area (Å²) in [7, 11) is 0. The van der Waals surface area contributed by atoms with Gasteiger partial charge in [0.05, 0.1) is 5.69 Å². The monoisotopic (exact) mass is 238 g/mol. The highest BCUT2D eigenvalue weighted by Gasteiger charge is 2.16. The maximum absolute atomic E-state index is 4.23. The van der Waals surface area contributed by atoms with Gasteiger partial charge in [0.15, 0.2) is 5.82 Å². The number of likely N-dealkylation sites (N-methyl/N-ethyl adjacent to an activating group) is 1. The van der Waals surface area contributed by atoms with Crippen LogP contribution in [0.2, 0.25) is 0 Å². The van der Waals surface area contributed by atoms with Gasteiger partial charge in [-0.05, 0) is 18.7 Å². The number of thiol groups is 1. The maximum atomic E-state index is 4.23. The minimum atomic E-state index is 0.650. The molecule has 0 unspecified atom stereocenters. The molecule has 88 valence electrons. The molecule has 0 radical (unpaired) electrons. The number of hydrogen-bond donors (Lipinski definition) is 1. The molecule has 2 rings (SSSR count). The van der Waals surface area contributed by atoms with Crippen LogP contribution in [0.25, 0.3) is 0 Å². The molecule has 0 N–H and O–H groups in total. The zero-order chi connectivity index (χ0) is 11.4. The van der Waals surface area contributed by atoms with Crippen LogP contribution in [0.4, 0.5) is 5.82 Å². The Morgan fingerprint density at radius 2 is 1.94 bits per heavy atom. The zero-order valence-electron chi connectivity index (χ0n) is 9.63. The summed E-state index contributed by atoms with van der Waals surface area (Å²) in [6.45, 7) is 7.67. The third-order valence-corrected chi connectivity index (χ3v) is 3.34. The molecule has 5 heteroatoms. The normalized spacial score (nSPS) is 17.8. The lowest BCUT2D eigenvalue weighted by molar-refractivity contribution is 0.270. The van der Waals surface area contributed by atoms with E-state index in [0.717, 1.165) is 44.2 Å². The molecule has 1 saturated heterocycles. The lowest BCUT2D eigenvalue weighted by Gasteiger charge is -2.34. The van der Waals surface area contributed by atoms with Gasteiger partial charge in [0, 0.05) is 31.9 Å². The molecule has 1 fully saturated rings. The molecule has 16 heavy (non-hydrogen) atoms. The van der Waals surface area contributed by atoms with Crippen LogP contribution in [-0.2, 0) is 5.75 Å². The molecule has 0 bridgehead atoms. The van der Waals surface area contributed by atoms with Gasteiger partial charge in [0.1, 0.15) is 0 Å². The maximum Gasteiger partial charge on any atom is 0.151 e. The minimum Gasteiger partial charge on any atom is -0.353 e. The average Bonchev–Trinajstić information content (AvgIpc) is 2.39. The van der Waals surface area contributed by atoms with Gasteiger partial charge in [-0.2, -0.15) is 17.7 Å². The van der Waals surface area contributed by atoms with Gasteiger partial charge in [0.2, 0.25) is 0 Å². The van der Waals surface area contributed by atoms with Gasteiger partial charge in [-0.3, -0.25) is 0 Å². The quantitative estimate of drug-likeness (QED) is 0.798. The van der Waals surface area contributed by atoms with Crippen molar-refractivity contribution in [3.8, 4) is 0 Å². The van der Waals surface area contributed by atoms with Gasteiger partial charge in [-0.15, -0.1) is 5.10 Å². The molecule has 1 aliphatic heterocycles. The molecule has 1 aliphatic rings. The smallest absolute Gasteiger partial charge is 0.151 e. The number of rotatable bonds is 3. The average molecular weight is 238 g/mol. The van der Waals surface area contributed by atoms with E-state index in [1.54, 1.807) is 0 Å². The highest BCUT2D eigenvalue weighted by molar-refractivity contribution is 7.79. The highest BCUT2D eigenvalue weighted by Crippen LogP contribution is 2.12. The molecule has 4 nitrogen and oxygen atoms in total. The van der Waals surface area contributed by atoms with E-state index in [-0.39, 0.29) is 0 Å². The summed E-state index contributed by atoms with van der Waals surface area (Å²) >= 11 is 4.17. The molecule has 1 aromatic rings. The fourth-order valence-corrected chi connectivity index (χ4v) is 2.07. The van der Waals surface area contributed by atoms with Crippen LogP contribution in [0.15, 0.2) is 12.1 Å². The van der Waals surface area contributed by atoms with Crippen molar-refractivity contribution < 1.29 is 0 Å². The number of anilines is 1. The second-order valence-electron chi connectivity index (χ2n) is 3.96. The Balaban J connectivity index is 1.97. The largest absolute Gasteiger partial charge is 0.353 e. The van der Waals surface area contributed by atoms with E-state index in [4.69, 9.17) is 0 Å². The molecule has 0 aliphatic carbocycles. The number of nitrogens with zero attached hydrogens (tertiary/aromatic N) is 4. The van der Waals surface area contributed by atoms with E-state index in [1.165, 1.54) is 0 Å². The fourth-order valence-electron chi connectivity index (χ4n) is 1.90. The van der Waals surface area contributed by atoms with Crippen molar-refractivity contribution in [3.05, 3.63) is 17.8 Å². The first-order chi connectivity index (χ1) is 7.83. The van der Waals surface area contributed by atoms with Crippen molar-refractivity contribution in [1.29, 1.82) is 0 Å². The van der Waals surface area contributed by atoms with Gasteiger partial charge in [-0.1, -0.05) is 6.92 Å². The number of aromatic nitrogens is 2. The Morgan fingerprint density at radius 3 is 2.44 bits per heavy atom. The van der Waals surface area contributed by atoms with Crippen molar-refractivity contribution in [2.75, 3.05) is 37.6 Å². The van der Waals surface area contributed by atoms with Crippen LogP contribution in [0.1, 0.15) is 12.6 Å². The molecular formula is C11H18N4S. The molecule has 1 aromatic heterocycles. The van der Waals surface area contributed by atoms with Crippen molar-refractivity contribution in [1.82, 2.24) is 15.1 Å². The summed E-state index contributed by atoms with van der Waals surface area (Å²) in [6.07, 6.45) is 0. The van der Waals surface area contributed by atoms with E-state index in [0.29, 0.717) is 5.75 Å². The summed E-state index contributed by atoms with van der Waals surface area (Å²) < 4.78 is 0. The van der Waals surface area contributed by atoms with Crippen molar-refractivity contribution >= 4 is 18.4 Å².